The number of nitrogens with two attached hydrogens (primary N) is 2. The molecular formula is C16H25ClN2. The summed E-state index contributed by atoms with van der Waals surface area (Å²) < 4.78 is 0. The van der Waals surface area contributed by atoms with E-state index in [0.717, 1.165) is 12.1 Å². The predicted octanol–water partition coefficient (Wildman–Crippen LogP) is 3.86. The van der Waals surface area contributed by atoms with Gasteiger partial charge in [-0.15, -0.1) is 12.4 Å². The number of rotatable bonds is 1. The van der Waals surface area contributed by atoms with Crippen LogP contribution in [0.2, 0.25) is 0 Å². The number of anilines is 1. The Morgan fingerprint density at radius 1 is 1.05 bits per heavy atom. The smallest absolute Gasteiger partial charge is 0.0314 e. The number of benzene rings is 1. The summed E-state index contributed by atoms with van der Waals surface area (Å²) in [4.78, 5) is 0. The van der Waals surface area contributed by atoms with Gasteiger partial charge in [0.25, 0.3) is 0 Å². The van der Waals surface area contributed by atoms with Crippen LogP contribution in [0.1, 0.15) is 39.7 Å². The van der Waals surface area contributed by atoms with E-state index in [9.17, 15) is 0 Å². The van der Waals surface area contributed by atoms with E-state index in [2.05, 4.69) is 45.9 Å². The van der Waals surface area contributed by atoms with Gasteiger partial charge < -0.3 is 11.5 Å². The third-order valence-electron chi connectivity index (χ3n) is 4.12. The van der Waals surface area contributed by atoms with Crippen molar-refractivity contribution in [2.75, 3.05) is 5.73 Å². The molecule has 1 atom stereocenters. The molecule has 106 valence electrons. The van der Waals surface area contributed by atoms with Crippen LogP contribution < -0.4 is 11.5 Å². The molecule has 0 fully saturated rings. The van der Waals surface area contributed by atoms with Crippen LogP contribution in [0.15, 0.2) is 30.3 Å². The minimum absolute atomic E-state index is 0. The second-order valence-electron chi connectivity index (χ2n) is 6.76. The van der Waals surface area contributed by atoms with Gasteiger partial charge in [-0.2, -0.15) is 0 Å². The van der Waals surface area contributed by atoms with Gasteiger partial charge in [-0.25, -0.2) is 0 Å². The first-order valence-corrected chi connectivity index (χ1v) is 6.56. The van der Waals surface area contributed by atoms with Gasteiger partial charge in [0.15, 0.2) is 0 Å². The minimum atomic E-state index is 0. The summed E-state index contributed by atoms with van der Waals surface area (Å²) >= 11 is 0. The Kier molecular flexibility index (Phi) is 4.38. The van der Waals surface area contributed by atoms with Crippen LogP contribution >= 0.6 is 12.4 Å². The number of allylic oxidation sites excluding steroid dienone is 1. The summed E-state index contributed by atoms with van der Waals surface area (Å²) in [5, 5.41) is 0. The van der Waals surface area contributed by atoms with Crippen LogP contribution in [0.25, 0.3) is 5.57 Å². The summed E-state index contributed by atoms with van der Waals surface area (Å²) in [6.45, 7) is 8.94. The topological polar surface area (TPSA) is 52.0 Å². The molecule has 1 aliphatic rings. The zero-order chi connectivity index (χ0) is 13.6. The SMILES string of the molecule is CC1(C)C=C(c2ccc(N)cc2)CC(C)(C)C1N.Cl. The van der Waals surface area contributed by atoms with Crippen LogP contribution in [0, 0.1) is 10.8 Å². The number of hydrogen-bond donors (Lipinski definition) is 2. The van der Waals surface area contributed by atoms with Crippen LogP contribution in [0.5, 0.6) is 0 Å². The van der Waals surface area contributed by atoms with Gasteiger partial charge >= 0.3 is 0 Å². The molecule has 0 saturated carbocycles. The molecule has 0 aromatic heterocycles. The molecule has 0 heterocycles. The summed E-state index contributed by atoms with van der Waals surface area (Å²) in [7, 11) is 0. The molecule has 1 unspecified atom stereocenters. The highest BCUT2D eigenvalue weighted by Crippen LogP contribution is 2.46. The number of halogens is 1. The first-order chi connectivity index (χ1) is 8.22. The van der Waals surface area contributed by atoms with Crippen molar-refractivity contribution >= 4 is 23.7 Å². The van der Waals surface area contributed by atoms with E-state index in [1.54, 1.807) is 0 Å². The van der Waals surface area contributed by atoms with Gasteiger partial charge in [0.05, 0.1) is 0 Å². The second kappa shape index (κ2) is 5.18. The van der Waals surface area contributed by atoms with Crippen molar-refractivity contribution in [3.8, 4) is 0 Å². The molecule has 1 aliphatic carbocycles. The predicted molar refractivity (Wildman–Crippen MR) is 86.2 cm³/mol. The Hall–Kier alpha value is -0.990. The number of nitrogen functional groups attached to an aromatic ring is 1. The van der Waals surface area contributed by atoms with Crippen molar-refractivity contribution < 1.29 is 0 Å². The highest BCUT2D eigenvalue weighted by Gasteiger charge is 2.41. The summed E-state index contributed by atoms with van der Waals surface area (Å²) in [6, 6.07) is 8.31. The van der Waals surface area contributed by atoms with E-state index in [-0.39, 0.29) is 29.3 Å². The quantitative estimate of drug-likeness (QED) is 0.768. The molecule has 4 N–H and O–H groups in total. The highest BCUT2D eigenvalue weighted by molar-refractivity contribution is 5.85. The van der Waals surface area contributed by atoms with Crippen molar-refractivity contribution in [1.29, 1.82) is 0 Å². The zero-order valence-corrected chi connectivity index (χ0v) is 13.1. The number of hydrogen-bond acceptors (Lipinski definition) is 2. The van der Waals surface area contributed by atoms with Crippen LogP contribution in [-0.2, 0) is 0 Å². The molecule has 3 heteroatoms. The van der Waals surface area contributed by atoms with Crippen LogP contribution in [0.3, 0.4) is 0 Å². The Morgan fingerprint density at radius 3 is 2.05 bits per heavy atom. The lowest BCUT2D eigenvalue weighted by Crippen LogP contribution is -2.49. The third kappa shape index (κ3) is 3.13. The average molecular weight is 281 g/mol. The Labute approximate surface area is 122 Å². The average Bonchev–Trinajstić information content (AvgIpc) is 2.26. The molecular weight excluding hydrogens is 256 g/mol. The Morgan fingerprint density at radius 2 is 1.58 bits per heavy atom. The minimum Gasteiger partial charge on any atom is -0.399 e. The largest absolute Gasteiger partial charge is 0.399 e. The monoisotopic (exact) mass is 280 g/mol. The second-order valence-corrected chi connectivity index (χ2v) is 6.76. The van der Waals surface area contributed by atoms with Gasteiger partial charge in [0, 0.05) is 11.7 Å². The molecule has 0 bridgehead atoms. The molecule has 2 nitrogen and oxygen atoms in total. The zero-order valence-electron chi connectivity index (χ0n) is 12.2. The van der Waals surface area contributed by atoms with Gasteiger partial charge in [0.1, 0.15) is 0 Å². The van der Waals surface area contributed by atoms with E-state index in [4.69, 9.17) is 11.5 Å². The lowest BCUT2D eigenvalue weighted by Gasteiger charge is -2.46. The maximum Gasteiger partial charge on any atom is 0.0314 e. The molecule has 2 rings (SSSR count). The van der Waals surface area contributed by atoms with E-state index < -0.39 is 0 Å². The lowest BCUT2D eigenvalue weighted by molar-refractivity contribution is 0.176. The summed E-state index contributed by atoms with van der Waals surface area (Å²) in [6.07, 6.45) is 3.34. The standard InChI is InChI=1S/C16H24N2.ClH/c1-15(2)9-12(10-16(3,4)14(15)18)11-5-7-13(17)8-6-11;/h5-9,14H,10,17-18H2,1-4H3;1H. The summed E-state index contributed by atoms with van der Waals surface area (Å²) in [5.41, 5.74) is 15.7. The van der Waals surface area contributed by atoms with E-state index in [1.165, 1.54) is 11.1 Å². The maximum atomic E-state index is 6.39. The molecule has 0 saturated heterocycles. The van der Waals surface area contributed by atoms with Gasteiger partial charge in [-0.05, 0) is 40.5 Å². The third-order valence-corrected chi connectivity index (χ3v) is 4.12. The van der Waals surface area contributed by atoms with Gasteiger partial charge in [0.2, 0.25) is 0 Å². The Bertz CT molecular complexity index is 472. The maximum absolute atomic E-state index is 6.39. The highest BCUT2D eigenvalue weighted by atomic mass is 35.5. The van der Waals surface area contributed by atoms with Crippen molar-refractivity contribution in [3.63, 3.8) is 0 Å². The van der Waals surface area contributed by atoms with Gasteiger partial charge in [-0.1, -0.05) is 45.9 Å². The Balaban J connectivity index is 0.00000180. The fraction of sp³-hybridized carbons (Fsp3) is 0.500. The molecule has 19 heavy (non-hydrogen) atoms. The van der Waals surface area contributed by atoms with E-state index >= 15 is 0 Å². The van der Waals surface area contributed by atoms with E-state index in [0.29, 0.717) is 0 Å². The van der Waals surface area contributed by atoms with Crippen molar-refractivity contribution in [2.24, 2.45) is 16.6 Å². The molecule has 0 amide bonds. The lowest BCUT2D eigenvalue weighted by atomic mass is 9.62. The van der Waals surface area contributed by atoms with E-state index in [1.807, 2.05) is 12.1 Å². The van der Waals surface area contributed by atoms with Crippen LogP contribution in [0.4, 0.5) is 5.69 Å². The first-order valence-electron chi connectivity index (χ1n) is 6.56. The van der Waals surface area contributed by atoms with Gasteiger partial charge in [-0.3, -0.25) is 0 Å². The fourth-order valence-electron chi connectivity index (χ4n) is 3.08. The molecule has 0 radical (unpaired) electrons. The molecule has 1 aromatic carbocycles. The summed E-state index contributed by atoms with van der Waals surface area (Å²) in [5.74, 6) is 0. The normalized spacial score (nSPS) is 24.3. The molecule has 1 aromatic rings. The van der Waals surface area contributed by atoms with Crippen LogP contribution in [-0.4, -0.2) is 6.04 Å². The molecule has 0 aliphatic heterocycles. The van der Waals surface area contributed by atoms with Crippen molar-refractivity contribution in [1.82, 2.24) is 0 Å². The first kappa shape index (κ1) is 16.1. The van der Waals surface area contributed by atoms with Crippen molar-refractivity contribution in [2.45, 2.75) is 40.2 Å². The fourth-order valence-corrected chi connectivity index (χ4v) is 3.08. The van der Waals surface area contributed by atoms with Crippen molar-refractivity contribution in [3.05, 3.63) is 35.9 Å². The molecule has 0 spiro atoms.